The zero-order chi connectivity index (χ0) is 14.5. The van der Waals surface area contributed by atoms with Gasteiger partial charge in [0.15, 0.2) is 11.6 Å². The third-order valence-corrected chi connectivity index (χ3v) is 2.79. The van der Waals surface area contributed by atoms with Gasteiger partial charge in [0.2, 0.25) is 0 Å². The highest BCUT2D eigenvalue weighted by atomic mass is 19.1. The van der Waals surface area contributed by atoms with E-state index in [1.54, 1.807) is 31.4 Å². The summed E-state index contributed by atoms with van der Waals surface area (Å²) in [6.45, 7) is -0.174. The molecule has 0 radical (unpaired) electrons. The SMILES string of the molecule is COc1ccc(C(O)COc2cc(F)ccc2F)cc1. The van der Waals surface area contributed by atoms with Gasteiger partial charge in [0, 0.05) is 6.07 Å². The fraction of sp³-hybridized carbons (Fsp3) is 0.200. The van der Waals surface area contributed by atoms with Crippen LogP contribution in [0, 0.1) is 11.6 Å². The molecule has 2 aromatic rings. The molecule has 0 aliphatic heterocycles. The van der Waals surface area contributed by atoms with E-state index in [1.807, 2.05) is 0 Å². The van der Waals surface area contributed by atoms with Crippen molar-refractivity contribution < 1.29 is 23.4 Å². The van der Waals surface area contributed by atoms with E-state index in [0.29, 0.717) is 11.3 Å². The monoisotopic (exact) mass is 280 g/mol. The molecule has 0 aliphatic carbocycles. The highest BCUT2D eigenvalue weighted by Crippen LogP contribution is 2.22. The molecule has 0 aliphatic rings. The largest absolute Gasteiger partial charge is 0.497 e. The van der Waals surface area contributed by atoms with Crippen molar-refractivity contribution in [1.29, 1.82) is 0 Å². The second-order valence-electron chi connectivity index (χ2n) is 4.17. The summed E-state index contributed by atoms with van der Waals surface area (Å²) in [6, 6.07) is 9.66. The Morgan fingerprint density at radius 1 is 1.10 bits per heavy atom. The topological polar surface area (TPSA) is 38.7 Å². The van der Waals surface area contributed by atoms with Crippen LogP contribution >= 0.6 is 0 Å². The standard InChI is InChI=1S/C15H14F2O3/c1-19-12-5-2-10(3-6-12)14(18)9-20-15-8-11(16)4-7-13(15)17/h2-8,14,18H,9H2,1H3. The molecule has 0 fully saturated rings. The number of rotatable bonds is 5. The van der Waals surface area contributed by atoms with E-state index >= 15 is 0 Å². The van der Waals surface area contributed by atoms with Crippen LogP contribution in [0.15, 0.2) is 42.5 Å². The van der Waals surface area contributed by atoms with Gasteiger partial charge in [0.05, 0.1) is 7.11 Å². The molecular weight excluding hydrogens is 266 g/mol. The number of aliphatic hydroxyl groups excluding tert-OH is 1. The van der Waals surface area contributed by atoms with E-state index in [-0.39, 0.29) is 12.4 Å². The van der Waals surface area contributed by atoms with E-state index in [2.05, 4.69) is 0 Å². The molecule has 0 spiro atoms. The van der Waals surface area contributed by atoms with E-state index in [1.165, 1.54) is 0 Å². The van der Waals surface area contributed by atoms with Crippen LogP contribution < -0.4 is 9.47 Å². The van der Waals surface area contributed by atoms with Gasteiger partial charge in [-0.15, -0.1) is 0 Å². The number of hydrogen-bond acceptors (Lipinski definition) is 3. The Morgan fingerprint density at radius 2 is 1.80 bits per heavy atom. The van der Waals surface area contributed by atoms with Gasteiger partial charge in [-0.2, -0.15) is 0 Å². The summed E-state index contributed by atoms with van der Waals surface area (Å²) < 4.78 is 36.4. The molecule has 106 valence electrons. The maximum Gasteiger partial charge on any atom is 0.165 e. The molecule has 0 bridgehead atoms. The molecule has 2 rings (SSSR count). The molecule has 20 heavy (non-hydrogen) atoms. The van der Waals surface area contributed by atoms with Crippen molar-refractivity contribution in [3.63, 3.8) is 0 Å². The first-order valence-electron chi connectivity index (χ1n) is 6.00. The molecule has 1 unspecified atom stereocenters. The van der Waals surface area contributed by atoms with Crippen LogP contribution in [0.25, 0.3) is 0 Å². The van der Waals surface area contributed by atoms with Crippen LogP contribution in [0.4, 0.5) is 8.78 Å². The van der Waals surface area contributed by atoms with Crippen LogP contribution in [0.5, 0.6) is 11.5 Å². The van der Waals surface area contributed by atoms with Gasteiger partial charge in [-0.05, 0) is 29.8 Å². The van der Waals surface area contributed by atoms with Crippen molar-refractivity contribution in [3.05, 3.63) is 59.7 Å². The molecule has 0 saturated carbocycles. The Kier molecular flexibility index (Phi) is 4.53. The summed E-state index contributed by atoms with van der Waals surface area (Å²) in [5.41, 5.74) is 0.600. The Morgan fingerprint density at radius 3 is 2.45 bits per heavy atom. The zero-order valence-electron chi connectivity index (χ0n) is 10.8. The van der Waals surface area contributed by atoms with Gasteiger partial charge >= 0.3 is 0 Å². The molecule has 0 saturated heterocycles. The van der Waals surface area contributed by atoms with Crippen molar-refractivity contribution in [3.8, 4) is 11.5 Å². The predicted octanol–water partition coefficient (Wildman–Crippen LogP) is 3.09. The lowest BCUT2D eigenvalue weighted by molar-refractivity contribution is 0.105. The summed E-state index contributed by atoms with van der Waals surface area (Å²) in [6.07, 6.45) is -0.941. The van der Waals surface area contributed by atoms with Gasteiger partial charge < -0.3 is 14.6 Å². The number of aliphatic hydroxyl groups is 1. The first-order chi connectivity index (χ1) is 9.60. The summed E-state index contributed by atoms with van der Waals surface area (Å²) >= 11 is 0. The second-order valence-corrected chi connectivity index (χ2v) is 4.17. The van der Waals surface area contributed by atoms with E-state index in [9.17, 15) is 13.9 Å². The quantitative estimate of drug-likeness (QED) is 0.914. The highest BCUT2D eigenvalue weighted by Gasteiger charge is 2.11. The Labute approximate surface area is 115 Å². The third-order valence-electron chi connectivity index (χ3n) is 2.79. The number of halogens is 2. The van der Waals surface area contributed by atoms with Crippen LogP contribution in [0.1, 0.15) is 11.7 Å². The van der Waals surface area contributed by atoms with Gasteiger partial charge in [0.1, 0.15) is 24.3 Å². The Balaban J connectivity index is 2.00. The second kappa shape index (κ2) is 6.34. The summed E-state index contributed by atoms with van der Waals surface area (Å²) in [4.78, 5) is 0. The Bertz CT molecular complexity index is 570. The van der Waals surface area contributed by atoms with Gasteiger partial charge in [-0.1, -0.05) is 12.1 Å². The fourth-order valence-electron chi connectivity index (χ4n) is 1.68. The Hall–Kier alpha value is -2.14. The van der Waals surface area contributed by atoms with E-state index in [4.69, 9.17) is 9.47 Å². The fourth-order valence-corrected chi connectivity index (χ4v) is 1.68. The van der Waals surface area contributed by atoms with Gasteiger partial charge in [-0.25, -0.2) is 8.78 Å². The minimum absolute atomic E-state index is 0.174. The van der Waals surface area contributed by atoms with Crippen molar-refractivity contribution in [2.45, 2.75) is 6.10 Å². The molecule has 2 aromatic carbocycles. The van der Waals surface area contributed by atoms with Crippen molar-refractivity contribution in [2.75, 3.05) is 13.7 Å². The minimum Gasteiger partial charge on any atom is -0.497 e. The van der Waals surface area contributed by atoms with Crippen LogP contribution in [0.3, 0.4) is 0 Å². The lowest BCUT2D eigenvalue weighted by atomic mass is 10.1. The maximum absolute atomic E-state index is 13.3. The van der Waals surface area contributed by atoms with Crippen LogP contribution in [0.2, 0.25) is 0 Å². The lowest BCUT2D eigenvalue weighted by Gasteiger charge is -2.13. The van der Waals surface area contributed by atoms with Crippen molar-refractivity contribution >= 4 is 0 Å². The average molecular weight is 280 g/mol. The predicted molar refractivity (Wildman–Crippen MR) is 69.8 cm³/mol. The molecule has 0 heterocycles. The van der Waals surface area contributed by atoms with Gasteiger partial charge in [-0.3, -0.25) is 0 Å². The average Bonchev–Trinajstić information content (AvgIpc) is 2.48. The lowest BCUT2D eigenvalue weighted by Crippen LogP contribution is -2.10. The number of benzene rings is 2. The van der Waals surface area contributed by atoms with Crippen molar-refractivity contribution in [1.82, 2.24) is 0 Å². The molecule has 1 atom stereocenters. The molecule has 1 N–H and O–H groups in total. The third kappa shape index (κ3) is 3.45. The smallest absolute Gasteiger partial charge is 0.165 e. The number of ether oxygens (including phenoxy) is 2. The summed E-state index contributed by atoms with van der Waals surface area (Å²) in [5, 5.41) is 9.92. The maximum atomic E-state index is 13.3. The minimum atomic E-state index is -0.941. The molecule has 5 heteroatoms. The highest BCUT2D eigenvalue weighted by molar-refractivity contribution is 5.29. The first kappa shape index (κ1) is 14.3. The normalized spacial score (nSPS) is 12.0. The number of hydrogen-bond donors (Lipinski definition) is 1. The summed E-state index contributed by atoms with van der Waals surface area (Å²) in [5.74, 6) is -0.829. The molecule has 0 amide bonds. The molecular formula is C15H14F2O3. The molecule has 0 aromatic heterocycles. The number of methoxy groups -OCH3 is 1. The van der Waals surface area contributed by atoms with Crippen LogP contribution in [-0.4, -0.2) is 18.8 Å². The molecule has 3 nitrogen and oxygen atoms in total. The van der Waals surface area contributed by atoms with E-state index < -0.39 is 17.7 Å². The van der Waals surface area contributed by atoms with E-state index in [0.717, 1.165) is 18.2 Å². The summed E-state index contributed by atoms with van der Waals surface area (Å²) in [7, 11) is 1.54. The first-order valence-corrected chi connectivity index (χ1v) is 6.00. The van der Waals surface area contributed by atoms with Crippen molar-refractivity contribution in [2.24, 2.45) is 0 Å². The zero-order valence-corrected chi connectivity index (χ0v) is 10.8. The van der Waals surface area contributed by atoms with Crippen LogP contribution in [-0.2, 0) is 0 Å². The van der Waals surface area contributed by atoms with Gasteiger partial charge in [0.25, 0.3) is 0 Å².